The Balaban J connectivity index is 2.85. The molecule has 0 heterocycles. The van der Waals surface area contributed by atoms with Crippen molar-refractivity contribution in [2.75, 3.05) is 5.32 Å². The number of benzene rings is 1. The lowest BCUT2D eigenvalue weighted by atomic mass is 10.1. The summed E-state index contributed by atoms with van der Waals surface area (Å²) >= 11 is 5.65. The fraction of sp³-hybridized carbons (Fsp3) is 0.333. The van der Waals surface area contributed by atoms with Crippen LogP contribution >= 0.6 is 11.6 Å². The van der Waals surface area contributed by atoms with Crippen molar-refractivity contribution in [1.29, 1.82) is 0 Å². The molecule has 0 unspecified atom stereocenters. The van der Waals surface area contributed by atoms with Gasteiger partial charge in [-0.15, -0.1) is 0 Å². The highest BCUT2D eigenvalue weighted by Crippen LogP contribution is 2.33. The maximum absolute atomic E-state index is 12.4. The lowest BCUT2D eigenvalue weighted by Gasteiger charge is -2.21. The van der Waals surface area contributed by atoms with Crippen molar-refractivity contribution in [3.63, 3.8) is 0 Å². The molecule has 1 aromatic carbocycles. The van der Waals surface area contributed by atoms with Gasteiger partial charge in [-0.3, -0.25) is 0 Å². The number of hydrogen-bond donors (Lipinski definition) is 3. The summed E-state index contributed by atoms with van der Waals surface area (Å²) in [5.41, 5.74) is -2.56. The largest absolute Gasteiger partial charge is 0.480 e. The molecule has 21 heavy (non-hydrogen) atoms. The summed E-state index contributed by atoms with van der Waals surface area (Å²) in [5.74, 6) is -1.27. The first-order valence-electron chi connectivity index (χ1n) is 5.63. The lowest BCUT2D eigenvalue weighted by Crippen LogP contribution is -2.51. The molecule has 0 fully saturated rings. The fourth-order valence-corrected chi connectivity index (χ4v) is 1.51. The Bertz CT molecular complexity index is 573. The number of carboxylic acid groups (broad SMARTS) is 1. The molecule has 0 aromatic heterocycles. The van der Waals surface area contributed by atoms with Gasteiger partial charge in [-0.05, 0) is 32.0 Å². The molecule has 0 saturated carbocycles. The van der Waals surface area contributed by atoms with Crippen LogP contribution in [0.25, 0.3) is 0 Å². The minimum Gasteiger partial charge on any atom is -0.480 e. The van der Waals surface area contributed by atoms with Crippen LogP contribution in [0.1, 0.15) is 19.4 Å². The molecule has 9 heteroatoms. The smallest absolute Gasteiger partial charge is 0.416 e. The number of anilines is 1. The standard InChI is InChI=1S/C12H12ClF3N2O3/c1-11(2,9(19)20)18-10(21)17-8-4-3-6(5-7(8)13)12(14,15)16/h3-5H,1-2H3,(H,19,20)(H2,17,18,21). The number of alkyl halides is 3. The van der Waals surface area contributed by atoms with Crippen LogP contribution in [0.4, 0.5) is 23.7 Å². The van der Waals surface area contributed by atoms with E-state index >= 15 is 0 Å². The molecular formula is C12H12ClF3N2O3. The zero-order valence-electron chi connectivity index (χ0n) is 11.0. The summed E-state index contributed by atoms with van der Waals surface area (Å²) in [7, 11) is 0. The minimum atomic E-state index is -4.55. The average molecular weight is 325 g/mol. The normalized spacial score (nSPS) is 11.9. The van der Waals surface area contributed by atoms with Gasteiger partial charge in [0.1, 0.15) is 5.54 Å². The number of amides is 2. The molecular weight excluding hydrogens is 313 g/mol. The Morgan fingerprint density at radius 2 is 1.81 bits per heavy atom. The second kappa shape index (κ2) is 5.80. The van der Waals surface area contributed by atoms with Crippen molar-refractivity contribution >= 4 is 29.3 Å². The van der Waals surface area contributed by atoms with Crippen LogP contribution in [0.2, 0.25) is 5.02 Å². The van der Waals surface area contributed by atoms with Crippen LogP contribution in [0.3, 0.4) is 0 Å². The van der Waals surface area contributed by atoms with E-state index in [1.165, 1.54) is 13.8 Å². The van der Waals surface area contributed by atoms with Crippen molar-refractivity contribution < 1.29 is 27.9 Å². The molecule has 0 aliphatic heterocycles. The van der Waals surface area contributed by atoms with E-state index in [4.69, 9.17) is 16.7 Å². The summed E-state index contributed by atoms with van der Waals surface area (Å²) < 4.78 is 37.3. The fourth-order valence-electron chi connectivity index (χ4n) is 1.28. The number of aliphatic carboxylic acids is 1. The van der Waals surface area contributed by atoms with Crippen LogP contribution in [0, 0.1) is 0 Å². The number of carboxylic acids is 1. The third-order valence-corrected chi connectivity index (χ3v) is 2.82. The molecule has 1 rings (SSSR count). The van der Waals surface area contributed by atoms with Crippen LogP contribution < -0.4 is 10.6 Å². The first-order chi connectivity index (χ1) is 9.43. The van der Waals surface area contributed by atoms with Crippen molar-refractivity contribution in [2.45, 2.75) is 25.6 Å². The summed E-state index contributed by atoms with van der Waals surface area (Å²) in [6, 6.07) is 1.51. The van der Waals surface area contributed by atoms with Gasteiger partial charge in [0.25, 0.3) is 0 Å². The van der Waals surface area contributed by atoms with E-state index < -0.39 is 29.3 Å². The predicted molar refractivity (Wildman–Crippen MR) is 70.3 cm³/mol. The van der Waals surface area contributed by atoms with Gasteiger partial charge >= 0.3 is 18.2 Å². The minimum absolute atomic E-state index is 0.0663. The number of hydrogen-bond acceptors (Lipinski definition) is 2. The third kappa shape index (κ3) is 4.52. The molecule has 0 radical (unpaired) electrons. The summed E-state index contributed by atoms with van der Waals surface area (Å²) in [6.07, 6.45) is -4.55. The van der Waals surface area contributed by atoms with Crippen molar-refractivity contribution in [3.8, 4) is 0 Å². The quantitative estimate of drug-likeness (QED) is 0.798. The molecule has 3 N–H and O–H groups in total. The molecule has 1 aromatic rings. The topological polar surface area (TPSA) is 78.4 Å². The van der Waals surface area contributed by atoms with Crippen molar-refractivity contribution in [1.82, 2.24) is 5.32 Å². The third-order valence-electron chi connectivity index (χ3n) is 2.51. The first-order valence-corrected chi connectivity index (χ1v) is 6.00. The number of urea groups is 1. The van der Waals surface area contributed by atoms with Gasteiger partial charge in [0, 0.05) is 0 Å². The molecule has 5 nitrogen and oxygen atoms in total. The van der Waals surface area contributed by atoms with Gasteiger partial charge in [-0.25, -0.2) is 9.59 Å². The Hall–Kier alpha value is -1.96. The average Bonchev–Trinajstić information content (AvgIpc) is 2.29. The number of nitrogens with one attached hydrogen (secondary N) is 2. The SMILES string of the molecule is CC(C)(NC(=O)Nc1ccc(C(F)(F)F)cc1Cl)C(=O)O. The van der Waals surface area contributed by atoms with Gasteiger partial charge in [0.2, 0.25) is 0 Å². The van der Waals surface area contributed by atoms with E-state index in [2.05, 4.69) is 10.6 Å². The molecule has 0 bridgehead atoms. The van der Waals surface area contributed by atoms with Crippen LogP contribution in [-0.2, 0) is 11.0 Å². The van der Waals surface area contributed by atoms with E-state index in [0.717, 1.165) is 12.1 Å². The van der Waals surface area contributed by atoms with Gasteiger partial charge in [-0.1, -0.05) is 11.6 Å². The van der Waals surface area contributed by atoms with Crippen LogP contribution in [-0.4, -0.2) is 22.6 Å². The van der Waals surface area contributed by atoms with Gasteiger partial charge in [0.05, 0.1) is 16.3 Å². The number of carbonyl (C=O) groups is 2. The maximum Gasteiger partial charge on any atom is 0.416 e. The molecule has 0 spiro atoms. The van der Waals surface area contributed by atoms with Gasteiger partial charge < -0.3 is 15.7 Å². The highest BCUT2D eigenvalue weighted by Gasteiger charge is 2.31. The van der Waals surface area contributed by atoms with Crippen molar-refractivity contribution in [2.24, 2.45) is 0 Å². The van der Waals surface area contributed by atoms with Crippen LogP contribution in [0.5, 0.6) is 0 Å². The maximum atomic E-state index is 12.4. The first kappa shape index (κ1) is 17.1. The second-order valence-corrected chi connectivity index (χ2v) is 5.11. The summed E-state index contributed by atoms with van der Waals surface area (Å²) in [6.45, 7) is 2.51. The second-order valence-electron chi connectivity index (χ2n) is 4.70. The van der Waals surface area contributed by atoms with E-state index in [-0.39, 0.29) is 10.7 Å². The van der Waals surface area contributed by atoms with E-state index in [1.807, 2.05) is 0 Å². The number of rotatable bonds is 3. The highest BCUT2D eigenvalue weighted by atomic mass is 35.5. The Morgan fingerprint density at radius 1 is 1.24 bits per heavy atom. The Morgan fingerprint density at radius 3 is 2.24 bits per heavy atom. The summed E-state index contributed by atoms with van der Waals surface area (Å²) in [4.78, 5) is 22.4. The molecule has 0 saturated heterocycles. The molecule has 0 aliphatic rings. The molecule has 0 atom stereocenters. The van der Waals surface area contributed by atoms with Gasteiger partial charge in [0.15, 0.2) is 0 Å². The Labute approximate surface area is 123 Å². The molecule has 0 aliphatic carbocycles. The van der Waals surface area contributed by atoms with Gasteiger partial charge in [-0.2, -0.15) is 13.2 Å². The molecule has 116 valence electrons. The monoisotopic (exact) mass is 324 g/mol. The van der Waals surface area contributed by atoms with Crippen LogP contribution in [0.15, 0.2) is 18.2 Å². The summed E-state index contributed by atoms with van der Waals surface area (Å²) in [5, 5.41) is 12.9. The Kier molecular flexibility index (Phi) is 4.72. The highest BCUT2D eigenvalue weighted by molar-refractivity contribution is 6.33. The van der Waals surface area contributed by atoms with E-state index in [9.17, 15) is 22.8 Å². The number of halogens is 4. The predicted octanol–water partition coefficient (Wildman–Crippen LogP) is 3.34. The zero-order chi connectivity index (χ0) is 16.4. The van der Waals surface area contributed by atoms with E-state index in [1.54, 1.807) is 0 Å². The zero-order valence-corrected chi connectivity index (χ0v) is 11.8. The lowest BCUT2D eigenvalue weighted by molar-refractivity contribution is -0.143. The molecule has 2 amide bonds. The number of carbonyl (C=O) groups excluding carboxylic acids is 1. The van der Waals surface area contributed by atoms with E-state index in [0.29, 0.717) is 6.07 Å². The van der Waals surface area contributed by atoms with Crippen molar-refractivity contribution in [3.05, 3.63) is 28.8 Å².